The Morgan fingerprint density at radius 3 is 2.50 bits per heavy atom. The third-order valence-electron chi connectivity index (χ3n) is 5.48. The average Bonchev–Trinajstić information content (AvgIpc) is 3.24. The predicted molar refractivity (Wildman–Crippen MR) is 104 cm³/mol. The van der Waals surface area contributed by atoms with E-state index in [-0.39, 0.29) is 11.8 Å². The van der Waals surface area contributed by atoms with E-state index in [4.69, 9.17) is 0 Å². The van der Waals surface area contributed by atoms with E-state index in [0.717, 1.165) is 61.5 Å². The first kappa shape index (κ1) is 17.0. The molecule has 2 aromatic rings. The number of rotatable bonds is 4. The van der Waals surface area contributed by atoms with Gasteiger partial charge < -0.3 is 10.2 Å². The van der Waals surface area contributed by atoms with Gasteiger partial charge in [-0.3, -0.25) is 4.79 Å². The number of carbonyl (C=O) groups is 1. The molecule has 136 valence electrons. The Balaban J connectivity index is 1.45. The number of aromatic nitrogens is 2. The summed E-state index contributed by atoms with van der Waals surface area (Å²) in [6, 6.07) is 12.0. The monoisotopic (exact) mass is 350 g/mol. The molecule has 0 bridgehead atoms. The summed E-state index contributed by atoms with van der Waals surface area (Å²) in [6.45, 7) is 2.13. The Labute approximate surface area is 154 Å². The SMILES string of the molecule is O=C(Nc1cccc(-c2ccc(N3CCCC3)nn2)c1)C1CCCCC1. The maximum atomic E-state index is 12.5. The second-order valence-electron chi connectivity index (χ2n) is 7.38. The van der Waals surface area contributed by atoms with Crippen LogP contribution in [0.25, 0.3) is 11.3 Å². The van der Waals surface area contributed by atoms with Gasteiger partial charge in [-0.2, -0.15) is 0 Å². The van der Waals surface area contributed by atoms with Gasteiger partial charge in [-0.1, -0.05) is 31.4 Å². The number of amides is 1. The molecule has 1 aromatic carbocycles. The zero-order valence-electron chi connectivity index (χ0n) is 15.2. The van der Waals surface area contributed by atoms with Gasteiger partial charge in [0.15, 0.2) is 5.82 Å². The number of hydrogen-bond donors (Lipinski definition) is 1. The number of benzene rings is 1. The van der Waals surface area contributed by atoms with Crippen LogP contribution in [0, 0.1) is 5.92 Å². The Morgan fingerprint density at radius 2 is 1.77 bits per heavy atom. The lowest BCUT2D eigenvalue weighted by Crippen LogP contribution is -2.24. The fraction of sp³-hybridized carbons (Fsp3) is 0.476. The van der Waals surface area contributed by atoms with E-state index in [9.17, 15) is 4.79 Å². The molecule has 2 heterocycles. The maximum Gasteiger partial charge on any atom is 0.227 e. The minimum atomic E-state index is 0.150. The van der Waals surface area contributed by atoms with Crippen LogP contribution in [0.2, 0.25) is 0 Å². The van der Waals surface area contributed by atoms with E-state index in [1.54, 1.807) is 0 Å². The minimum absolute atomic E-state index is 0.150. The molecule has 1 amide bonds. The summed E-state index contributed by atoms with van der Waals surface area (Å²) in [5.41, 5.74) is 2.65. The van der Waals surface area contributed by atoms with Crippen LogP contribution < -0.4 is 10.2 Å². The number of carbonyl (C=O) groups excluding carboxylic acids is 1. The minimum Gasteiger partial charge on any atom is -0.355 e. The highest BCUT2D eigenvalue weighted by Gasteiger charge is 2.21. The van der Waals surface area contributed by atoms with E-state index < -0.39 is 0 Å². The molecule has 1 saturated carbocycles. The lowest BCUT2D eigenvalue weighted by molar-refractivity contribution is -0.120. The first-order valence-corrected chi connectivity index (χ1v) is 9.79. The summed E-state index contributed by atoms with van der Waals surface area (Å²) in [5.74, 6) is 1.26. The van der Waals surface area contributed by atoms with Gasteiger partial charge in [-0.15, -0.1) is 10.2 Å². The number of nitrogens with one attached hydrogen (secondary N) is 1. The van der Waals surface area contributed by atoms with Crippen molar-refractivity contribution in [3.05, 3.63) is 36.4 Å². The van der Waals surface area contributed by atoms with Gasteiger partial charge in [0, 0.05) is 30.3 Å². The zero-order valence-corrected chi connectivity index (χ0v) is 15.2. The topological polar surface area (TPSA) is 58.1 Å². The molecule has 5 nitrogen and oxygen atoms in total. The van der Waals surface area contributed by atoms with E-state index in [2.05, 4.69) is 20.4 Å². The standard InChI is InChI=1S/C21H26N4O/c26-21(16-7-2-1-3-8-16)22-18-10-6-9-17(15-18)19-11-12-20(24-23-19)25-13-4-5-14-25/h6,9-12,15-16H,1-5,7-8,13-14H2,(H,22,26). The molecule has 1 saturated heterocycles. The van der Waals surface area contributed by atoms with Gasteiger partial charge in [0.05, 0.1) is 5.69 Å². The van der Waals surface area contributed by atoms with Gasteiger partial charge in [0.25, 0.3) is 0 Å². The van der Waals surface area contributed by atoms with E-state index >= 15 is 0 Å². The van der Waals surface area contributed by atoms with Crippen LogP contribution in [0.1, 0.15) is 44.9 Å². The molecule has 1 aromatic heterocycles. The van der Waals surface area contributed by atoms with Gasteiger partial charge >= 0.3 is 0 Å². The molecule has 1 N–H and O–H groups in total. The number of anilines is 2. The van der Waals surface area contributed by atoms with Crippen molar-refractivity contribution in [2.24, 2.45) is 5.92 Å². The molecule has 26 heavy (non-hydrogen) atoms. The highest BCUT2D eigenvalue weighted by molar-refractivity contribution is 5.93. The third kappa shape index (κ3) is 3.87. The molecule has 0 spiro atoms. The molecule has 1 aliphatic carbocycles. The van der Waals surface area contributed by atoms with E-state index in [0.29, 0.717) is 0 Å². The second-order valence-corrected chi connectivity index (χ2v) is 7.38. The van der Waals surface area contributed by atoms with Gasteiger partial charge in [-0.25, -0.2) is 0 Å². The molecule has 0 radical (unpaired) electrons. The fourth-order valence-corrected chi connectivity index (χ4v) is 3.96. The Morgan fingerprint density at radius 1 is 0.962 bits per heavy atom. The molecular weight excluding hydrogens is 324 g/mol. The van der Waals surface area contributed by atoms with Crippen molar-refractivity contribution < 1.29 is 4.79 Å². The van der Waals surface area contributed by atoms with Crippen LogP contribution in [-0.2, 0) is 4.79 Å². The largest absolute Gasteiger partial charge is 0.355 e. The van der Waals surface area contributed by atoms with Crippen molar-refractivity contribution in [3.8, 4) is 11.3 Å². The summed E-state index contributed by atoms with van der Waals surface area (Å²) in [6.07, 6.45) is 8.06. The van der Waals surface area contributed by atoms with Crippen LogP contribution >= 0.6 is 0 Å². The summed E-state index contributed by atoms with van der Waals surface area (Å²) >= 11 is 0. The van der Waals surface area contributed by atoms with Crippen molar-refractivity contribution in [1.29, 1.82) is 0 Å². The van der Waals surface area contributed by atoms with Crippen LogP contribution in [0.4, 0.5) is 11.5 Å². The normalized spacial score (nSPS) is 18.1. The lowest BCUT2D eigenvalue weighted by Gasteiger charge is -2.20. The molecule has 0 atom stereocenters. The summed E-state index contributed by atoms with van der Waals surface area (Å²) in [7, 11) is 0. The second kappa shape index (κ2) is 7.85. The van der Waals surface area contributed by atoms with Gasteiger partial charge in [-0.05, 0) is 49.9 Å². The Kier molecular flexibility index (Phi) is 5.14. The Bertz CT molecular complexity index is 747. The fourth-order valence-electron chi connectivity index (χ4n) is 3.96. The number of nitrogens with zero attached hydrogens (tertiary/aromatic N) is 3. The van der Waals surface area contributed by atoms with Crippen LogP contribution in [0.15, 0.2) is 36.4 Å². The van der Waals surface area contributed by atoms with Crippen LogP contribution in [0.5, 0.6) is 0 Å². The lowest BCUT2D eigenvalue weighted by atomic mass is 9.88. The highest BCUT2D eigenvalue weighted by Crippen LogP contribution is 2.27. The van der Waals surface area contributed by atoms with Crippen LogP contribution in [0.3, 0.4) is 0 Å². The van der Waals surface area contributed by atoms with E-state index in [1.165, 1.54) is 19.3 Å². The first-order valence-electron chi connectivity index (χ1n) is 9.79. The van der Waals surface area contributed by atoms with Gasteiger partial charge in [0.2, 0.25) is 5.91 Å². The molecule has 4 rings (SSSR count). The molecule has 0 unspecified atom stereocenters. The molecule has 1 aliphatic heterocycles. The summed E-state index contributed by atoms with van der Waals surface area (Å²) in [5, 5.41) is 11.9. The summed E-state index contributed by atoms with van der Waals surface area (Å²) in [4.78, 5) is 14.7. The maximum absolute atomic E-state index is 12.5. The van der Waals surface area contributed by atoms with Crippen molar-refractivity contribution >= 4 is 17.4 Å². The molecule has 5 heteroatoms. The van der Waals surface area contributed by atoms with Crippen molar-refractivity contribution in [1.82, 2.24) is 10.2 Å². The average molecular weight is 350 g/mol. The van der Waals surface area contributed by atoms with Crippen LogP contribution in [-0.4, -0.2) is 29.2 Å². The van der Waals surface area contributed by atoms with Crippen molar-refractivity contribution in [3.63, 3.8) is 0 Å². The molecular formula is C21H26N4O. The zero-order chi connectivity index (χ0) is 17.8. The van der Waals surface area contributed by atoms with Gasteiger partial charge in [0.1, 0.15) is 0 Å². The molecule has 2 fully saturated rings. The number of hydrogen-bond acceptors (Lipinski definition) is 4. The predicted octanol–water partition coefficient (Wildman–Crippen LogP) is 4.26. The quantitative estimate of drug-likeness (QED) is 0.895. The molecule has 2 aliphatic rings. The summed E-state index contributed by atoms with van der Waals surface area (Å²) < 4.78 is 0. The van der Waals surface area contributed by atoms with Crippen molar-refractivity contribution in [2.75, 3.05) is 23.3 Å². The smallest absolute Gasteiger partial charge is 0.227 e. The highest BCUT2D eigenvalue weighted by atomic mass is 16.1. The Hall–Kier alpha value is -2.43. The van der Waals surface area contributed by atoms with E-state index in [1.807, 2.05) is 36.4 Å². The third-order valence-corrected chi connectivity index (χ3v) is 5.48. The first-order chi connectivity index (χ1) is 12.8. The van der Waals surface area contributed by atoms with Crippen molar-refractivity contribution in [2.45, 2.75) is 44.9 Å².